The zero-order valence-electron chi connectivity index (χ0n) is 11.4. The molecule has 0 aliphatic heterocycles. The molecule has 6 nitrogen and oxygen atoms in total. The maximum atomic E-state index is 12.0. The van der Waals surface area contributed by atoms with Crippen LogP contribution in [0, 0.1) is 16.0 Å². The van der Waals surface area contributed by atoms with Crippen LogP contribution in [0.2, 0.25) is 0 Å². The average Bonchev–Trinajstić information content (AvgIpc) is 2.42. The molecule has 0 radical (unpaired) electrons. The Morgan fingerprint density at radius 1 is 1.47 bits per heavy atom. The van der Waals surface area contributed by atoms with E-state index in [-0.39, 0.29) is 11.3 Å². The summed E-state index contributed by atoms with van der Waals surface area (Å²) >= 11 is 0. The van der Waals surface area contributed by atoms with Crippen molar-refractivity contribution in [2.24, 2.45) is 5.92 Å². The fourth-order valence-electron chi connectivity index (χ4n) is 1.63. The van der Waals surface area contributed by atoms with Crippen LogP contribution in [0.1, 0.15) is 30.6 Å². The fraction of sp³-hybridized carbons (Fsp3) is 0.462. The molecule has 19 heavy (non-hydrogen) atoms. The van der Waals surface area contributed by atoms with E-state index in [1.165, 1.54) is 6.07 Å². The topological polar surface area (TPSA) is 84.3 Å². The Labute approximate surface area is 112 Å². The molecule has 2 N–H and O–H groups in total. The summed E-state index contributed by atoms with van der Waals surface area (Å²) in [5.41, 5.74) is 0.230. The van der Waals surface area contributed by atoms with Crippen LogP contribution in [0.3, 0.4) is 0 Å². The minimum Gasteiger partial charge on any atom is -0.383 e. The Balaban J connectivity index is 2.99. The van der Waals surface area contributed by atoms with E-state index in [2.05, 4.69) is 10.6 Å². The van der Waals surface area contributed by atoms with E-state index in [9.17, 15) is 14.9 Å². The molecular weight excluding hydrogens is 246 g/mol. The van der Waals surface area contributed by atoms with Crippen molar-refractivity contribution in [1.29, 1.82) is 0 Å². The number of para-hydroxylation sites is 1. The highest BCUT2D eigenvalue weighted by Crippen LogP contribution is 2.28. The molecule has 1 rings (SSSR count). The van der Waals surface area contributed by atoms with Crippen molar-refractivity contribution in [2.45, 2.75) is 20.3 Å². The highest BCUT2D eigenvalue weighted by Gasteiger charge is 2.23. The zero-order valence-corrected chi connectivity index (χ0v) is 11.4. The van der Waals surface area contributed by atoms with Crippen molar-refractivity contribution in [3.05, 3.63) is 33.9 Å². The van der Waals surface area contributed by atoms with Gasteiger partial charge >= 0.3 is 5.69 Å². The number of hydrogen-bond donors (Lipinski definition) is 2. The van der Waals surface area contributed by atoms with E-state index in [1.54, 1.807) is 19.2 Å². The number of benzene rings is 1. The van der Waals surface area contributed by atoms with Gasteiger partial charge in [0.25, 0.3) is 5.91 Å². The van der Waals surface area contributed by atoms with E-state index in [0.29, 0.717) is 18.2 Å². The van der Waals surface area contributed by atoms with Crippen LogP contribution in [0.4, 0.5) is 11.4 Å². The number of nitrogens with zero attached hydrogens (tertiary/aromatic N) is 1. The third-order valence-electron chi connectivity index (χ3n) is 3.04. The number of nitrogens with one attached hydrogen (secondary N) is 2. The highest BCUT2D eigenvalue weighted by molar-refractivity contribution is 6.00. The van der Waals surface area contributed by atoms with Gasteiger partial charge in [0.15, 0.2) is 0 Å². The molecule has 1 amide bonds. The molecule has 1 atom stereocenters. The maximum absolute atomic E-state index is 12.0. The first kappa shape index (κ1) is 14.9. The summed E-state index contributed by atoms with van der Waals surface area (Å²) in [6, 6.07) is 4.66. The molecule has 0 spiro atoms. The van der Waals surface area contributed by atoms with Gasteiger partial charge in [0, 0.05) is 13.6 Å². The molecule has 6 heteroatoms. The normalized spacial score (nSPS) is 11.7. The standard InChI is InChI=1S/C13H19N3O3/c1-4-9(2)8-15-13(17)10-6-5-7-11(14-3)12(10)16(18)19/h5-7,9,14H,4,8H2,1-3H3,(H,15,17). The summed E-state index contributed by atoms with van der Waals surface area (Å²) in [5, 5.41) is 16.5. The Hall–Kier alpha value is -2.11. The van der Waals surface area contributed by atoms with Crippen LogP contribution in [0.15, 0.2) is 18.2 Å². The second kappa shape index (κ2) is 6.72. The van der Waals surface area contributed by atoms with Gasteiger partial charge in [-0.3, -0.25) is 14.9 Å². The first-order valence-corrected chi connectivity index (χ1v) is 6.24. The predicted octanol–water partition coefficient (Wildman–Crippen LogP) is 2.41. The van der Waals surface area contributed by atoms with Gasteiger partial charge in [0.05, 0.1) is 4.92 Å². The third-order valence-corrected chi connectivity index (χ3v) is 3.04. The number of nitro groups is 1. The zero-order chi connectivity index (χ0) is 14.4. The Kier molecular flexibility index (Phi) is 5.29. The number of hydrogen-bond acceptors (Lipinski definition) is 4. The molecule has 104 valence electrons. The lowest BCUT2D eigenvalue weighted by Crippen LogP contribution is -2.28. The summed E-state index contributed by atoms with van der Waals surface area (Å²) in [6.45, 7) is 4.55. The Morgan fingerprint density at radius 2 is 2.16 bits per heavy atom. The number of carbonyl (C=O) groups is 1. The lowest BCUT2D eigenvalue weighted by Gasteiger charge is -2.11. The lowest BCUT2D eigenvalue weighted by molar-refractivity contribution is -0.384. The lowest BCUT2D eigenvalue weighted by atomic mass is 10.1. The van der Waals surface area contributed by atoms with Crippen molar-refractivity contribution in [2.75, 3.05) is 18.9 Å². The van der Waals surface area contributed by atoms with Crippen molar-refractivity contribution in [3.8, 4) is 0 Å². The molecule has 0 aromatic heterocycles. The van der Waals surface area contributed by atoms with Crippen LogP contribution < -0.4 is 10.6 Å². The fourth-order valence-corrected chi connectivity index (χ4v) is 1.63. The third kappa shape index (κ3) is 3.67. The van der Waals surface area contributed by atoms with E-state index < -0.39 is 10.8 Å². The van der Waals surface area contributed by atoms with Crippen molar-refractivity contribution in [1.82, 2.24) is 5.32 Å². The minimum atomic E-state index is -0.538. The van der Waals surface area contributed by atoms with Crippen LogP contribution in [0.25, 0.3) is 0 Å². The molecule has 0 fully saturated rings. The monoisotopic (exact) mass is 265 g/mol. The SMILES string of the molecule is CCC(C)CNC(=O)c1cccc(NC)c1[N+](=O)[O-]. The van der Waals surface area contributed by atoms with Gasteiger partial charge in [0.1, 0.15) is 11.3 Å². The van der Waals surface area contributed by atoms with Crippen molar-refractivity contribution >= 4 is 17.3 Å². The van der Waals surface area contributed by atoms with Gasteiger partial charge in [-0.2, -0.15) is 0 Å². The Morgan fingerprint density at radius 3 is 2.68 bits per heavy atom. The molecule has 0 saturated heterocycles. The molecular formula is C13H19N3O3. The predicted molar refractivity (Wildman–Crippen MR) is 74.4 cm³/mol. The first-order chi connectivity index (χ1) is 9.01. The first-order valence-electron chi connectivity index (χ1n) is 6.24. The van der Waals surface area contributed by atoms with Gasteiger partial charge in [-0.25, -0.2) is 0 Å². The minimum absolute atomic E-state index is 0.0835. The average molecular weight is 265 g/mol. The van der Waals surface area contributed by atoms with E-state index in [1.807, 2.05) is 13.8 Å². The number of carbonyl (C=O) groups excluding carboxylic acids is 1. The summed E-state index contributed by atoms with van der Waals surface area (Å²) in [6.07, 6.45) is 0.943. The van der Waals surface area contributed by atoms with Crippen molar-refractivity contribution < 1.29 is 9.72 Å². The molecule has 1 unspecified atom stereocenters. The number of amides is 1. The second-order valence-corrected chi connectivity index (χ2v) is 4.43. The van der Waals surface area contributed by atoms with Gasteiger partial charge in [-0.15, -0.1) is 0 Å². The summed E-state index contributed by atoms with van der Waals surface area (Å²) < 4.78 is 0. The molecule has 0 bridgehead atoms. The number of nitro benzene ring substituents is 1. The van der Waals surface area contributed by atoms with E-state index >= 15 is 0 Å². The molecule has 0 aliphatic carbocycles. The van der Waals surface area contributed by atoms with Crippen molar-refractivity contribution in [3.63, 3.8) is 0 Å². The summed E-state index contributed by atoms with van der Waals surface area (Å²) in [5.74, 6) is -0.0698. The Bertz CT molecular complexity index is 474. The molecule has 1 aromatic carbocycles. The van der Waals surface area contributed by atoms with Crippen LogP contribution in [0.5, 0.6) is 0 Å². The van der Waals surface area contributed by atoms with Crippen LogP contribution in [-0.4, -0.2) is 24.4 Å². The van der Waals surface area contributed by atoms with Gasteiger partial charge in [-0.1, -0.05) is 26.3 Å². The van der Waals surface area contributed by atoms with Gasteiger partial charge in [-0.05, 0) is 18.1 Å². The smallest absolute Gasteiger partial charge is 0.305 e. The van der Waals surface area contributed by atoms with E-state index in [4.69, 9.17) is 0 Å². The number of anilines is 1. The summed E-state index contributed by atoms with van der Waals surface area (Å²) in [4.78, 5) is 22.6. The maximum Gasteiger partial charge on any atom is 0.305 e. The quantitative estimate of drug-likeness (QED) is 0.611. The van der Waals surface area contributed by atoms with Crippen LogP contribution in [-0.2, 0) is 0 Å². The van der Waals surface area contributed by atoms with Gasteiger partial charge in [0.2, 0.25) is 0 Å². The molecule has 0 heterocycles. The molecule has 0 saturated carbocycles. The second-order valence-electron chi connectivity index (χ2n) is 4.43. The van der Waals surface area contributed by atoms with E-state index in [0.717, 1.165) is 6.42 Å². The molecule has 0 aliphatic rings. The largest absolute Gasteiger partial charge is 0.383 e. The van der Waals surface area contributed by atoms with Gasteiger partial charge < -0.3 is 10.6 Å². The highest BCUT2D eigenvalue weighted by atomic mass is 16.6. The molecule has 1 aromatic rings. The van der Waals surface area contributed by atoms with Crippen LogP contribution >= 0.6 is 0 Å². The summed E-state index contributed by atoms with van der Waals surface area (Å²) in [7, 11) is 1.59. The number of rotatable bonds is 6.